The van der Waals surface area contributed by atoms with Crippen LogP contribution in [0.15, 0.2) is 48.5 Å². The van der Waals surface area contributed by atoms with Crippen molar-refractivity contribution >= 4 is 34.8 Å². The molecule has 0 unspecified atom stereocenters. The molecule has 2 aromatic rings. The van der Waals surface area contributed by atoms with Crippen LogP contribution in [-0.4, -0.2) is 18.0 Å². The van der Waals surface area contributed by atoms with Gasteiger partial charge in [-0.05, 0) is 87.8 Å². The maximum atomic E-state index is 12.3. The molecule has 0 radical (unpaired) electrons. The van der Waals surface area contributed by atoms with Gasteiger partial charge >= 0.3 is 0 Å². The summed E-state index contributed by atoms with van der Waals surface area (Å²) in [4.78, 5) is 12.3. The van der Waals surface area contributed by atoms with Crippen molar-refractivity contribution < 1.29 is 4.79 Å². The van der Waals surface area contributed by atoms with E-state index in [1.54, 1.807) is 12.1 Å². The van der Waals surface area contributed by atoms with Crippen LogP contribution < -0.4 is 10.6 Å². The lowest BCUT2D eigenvalue weighted by atomic mass is 9.73. The fraction of sp³-hybridized carbons (Fsp3) is 0.435. The maximum Gasteiger partial charge on any atom is 0.252 e. The van der Waals surface area contributed by atoms with Gasteiger partial charge in [0, 0.05) is 22.8 Å². The normalized spacial score (nSPS) is 19.9. The lowest BCUT2D eigenvalue weighted by molar-refractivity contribution is 0.0938. The average Bonchev–Trinajstić information content (AvgIpc) is 2.68. The van der Waals surface area contributed by atoms with Crippen LogP contribution in [0, 0.1) is 11.8 Å². The van der Waals surface area contributed by atoms with E-state index in [2.05, 4.69) is 24.5 Å². The van der Waals surface area contributed by atoms with Crippen molar-refractivity contribution in [2.75, 3.05) is 11.9 Å². The van der Waals surface area contributed by atoms with Crippen molar-refractivity contribution in [3.05, 3.63) is 64.1 Å². The van der Waals surface area contributed by atoms with E-state index in [0.717, 1.165) is 36.4 Å². The Kier molecular flexibility index (Phi) is 6.90. The minimum absolute atomic E-state index is 0.0135. The van der Waals surface area contributed by atoms with Crippen LogP contribution in [0.3, 0.4) is 0 Å². The molecule has 28 heavy (non-hydrogen) atoms. The van der Waals surface area contributed by atoms with Gasteiger partial charge < -0.3 is 10.6 Å². The number of hydrogen-bond acceptors (Lipinski definition) is 2. The van der Waals surface area contributed by atoms with E-state index in [4.69, 9.17) is 23.2 Å². The van der Waals surface area contributed by atoms with E-state index in [9.17, 15) is 4.79 Å². The molecule has 1 aliphatic rings. The van der Waals surface area contributed by atoms with E-state index in [1.807, 2.05) is 36.4 Å². The summed E-state index contributed by atoms with van der Waals surface area (Å²) >= 11 is 12.1. The number of benzene rings is 2. The van der Waals surface area contributed by atoms with E-state index >= 15 is 0 Å². The van der Waals surface area contributed by atoms with Gasteiger partial charge in [-0.15, -0.1) is 0 Å². The van der Waals surface area contributed by atoms with E-state index in [0.29, 0.717) is 29.0 Å². The lowest BCUT2D eigenvalue weighted by Gasteiger charge is -2.40. The summed E-state index contributed by atoms with van der Waals surface area (Å²) in [7, 11) is 0. The molecule has 3 rings (SSSR count). The van der Waals surface area contributed by atoms with E-state index < -0.39 is 0 Å². The number of nitrogens with one attached hydrogen (secondary N) is 2. The number of halogens is 2. The highest BCUT2D eigenvalue weighted by Gasteiger charge is 2.33. The zero-order valence-electron chi connectivity index (χ0n) is 16.5. The second kappa shape index (κ2) is 9.19. The van der Waals surface area contributed by atoms with Gasteiger partial charge in [0.2, 0.25) is 0 Å². The van der Waals surface area contributed by atoms with Gasteiger partial charge in [-0.1, -0.05) is 35.3 Å². The number of amides is 1. The van der Waals surface area contributed by atoms with Crippen LogP contribution in [0.4, 0.5) is 5.69 Å². The Bertz CT molecular complexity index is 797. The molecule has 150 valence electrons. The van der Waals surface area contributed by atoms with E-state index in [-0.39, 0.29) is 11.4 Å². The summed E-state index contributed by atoms with van der Waals surface area (Å²) in [5.74, 6) is 1.03. The standard InChI is InChI=1S/C23H28Cl2N2O/c1-23(2,27-19-13-11-18(24)12-14-19)17-9-7-16(8-10-17)15-26-22(28)20-5-3-4-6-21(20)25/h3-6,11-14,16-17,27H,7-10,15H2,1-2H3,(H,26,28). The van der Waals surface area contributed by atoms with Crippen molar-refractivity contribution in [2.24, 2.45) is 11.8 Å². The van der Waals surface area contributed by atoms with Crippen molar-refractivity contribution in [1.29, 1.82) is 0 Å². The molecule has 0 spiro atoms. The van der Waals surface area contributed by atoms with Gasteiger partial charge in [0.05, 0.1) is 10.6 Å². The first-order chi connectivity index (χ1) is 13.3. The molecule has 0 bridgehead atoms. The van der Waals surface area contributed by atoms with Crippen molar-refractivity contribution in [2.45, 2.75) is 45.1 Å². The summed E-state index contributed by atoms with van der Waals surface area (Å²) < 4.78 is 0. The fourth-order valence-electron chi connectivity index (χ4n) is 4.07. The van der Waals surface area contributed by atoms with Gasteiger partial charge in [-0.2, -0.15) is 0 Å². The largest absolute Gasteiger partial charge is 0.380 e. The molecule has 1 saturated carbocycles. The first kappa shape index (κ1) is 21.0. The molecular weight excluding hydrogens is 391 g/mol. The van der Waals surface area contributed by atoms with Crippen LogP contribution in [0.25, 0.3) is 0 Å². The summed E-state index contributed by atoms with van der Waals surface area (Å²) in [5, 5.41) is 7.97. The quantitative estimate of drug-likeness (QED) is 0.567. The Morgan fingerprint density at radius 1 is 1.00 bits per heavy atom. The highest BCUT2D eigenvalue weighted by molar-refractivity contribution is 6.33. The zero-order valence-corrected chi connectivity index (χ0v) is 18.0. The minimum atomic E-state index is -0.0857. The summed E-state index contributed by atoms with van der Waals surface area (Å²) in [6.45, 7) is 5.25. The third-order valence-electron chi connectivity index (χ3n) is 5.85. The van der Waals surface area contributed by atoms with Crippen LogP contribution in [0.2, 0.25) is 10.0 Å². The third kappa shape index (κ3) is 5.42. The van der Waals surface area contributed by atoms with Crippen LogP contribution in [0.1, 0.15) is 49.9 Å². The van der Waals surface area contributed by atoms with Gasteiger partial charge in [0.25, 0.3) is 5.91 Å². The molecule has 0 heterocycles. The zero-order chi connectivity index (χ0) is 20.1. The lowest BCUT2D eigenvalue weighted by Crippen LogP contribution is -2.42. The molecular formula is C23H28Cl2N2O. The predicted molar refractivity (Wildman–Crippen MR) is 118 cm³/mol. The highest BCUT2D eigenvalue weighted by atomic mass is 35.5. The molecule has 0 aliphatic heterocycles. The highest BCUT2D eigenvalue weighted by Crippen LogP contribution is 2.37. The molecule has 2 aromatic carbocycles. The molecule has 5 heteroatoms. The number of anilines is 1. The van der Waals surface area contributed by atoms with Gasteiger partial charge in [-0.25, -0.2) is 0 Å². The second-order valence-corrected chi connectivity index (χ2v) is 9.10. The number of hydrogen-bond donors (Lipinski definition) is 2. The van der Waals surface area contributed by atoms with Crippen molar-refractivity contribution in [1.82, 2.24) is 5.32 Å². The second-order valence-electron chi connectivity index (χ2n) is 8.26. The molecule has 3 nitrogen and oxygen atoms in total. The first-order valence-corrected chi connectivity index (χ1v) is 10.7. The van der Waals surface area contributed by atoms with Gasteiger partial charge in [0.15, 0.2) is 0 Å². The van der Waals surface area contributed by atoms with Crippen LogP contribution in [0.5, 0.6) is 0 Å². The fourth-order valence-corrected chi connectivity index (χ4v) is 4.42. The molecule has 0 atom stereocenters. The Labute approximate surface area is 177 Å². The number of rotatable bonds is 6. The molecule has 1 aliphatic carbocycles. The summed E-state index contributed by atoms with van der Waals surface area (Å²) in [5.41, 5.74) is 1.66. The molecule has 1 fully saturated rings. The Balaban J connectivity index is 1.48. The SMILES string of the molecule is CC(C)(Nc1ccc(Cl)cc1)C1CCC(CNC(=O)c2ccccc2Cl)CC1. The van der Waals surface area contributed by atoms with Gasteiger partial charge in [0.1, 0.15) is 0 Å². The summed E-state index contributed by atoms with van der Waals surface area (Å²) in [6, 6.07) is 15.1. The van der Waals surface area contributed by atoms with Crippen molar-refractivity contribution in [3.63, 3.8) is 0 Å². The summed E-state index contributed by atoms with van der Waals surface area (Å²) in [6.07, 6.45) is 4.55. The van der Waals surface area contributed by atoms with Crippen molar-refractivity contribution in [3.8, 4) is 0 Å². The Hall–Kier alpha value is -1.71. The predicted octanol–water partition coefficient (Wildman–Crippen LogP) is 6.42. The van der Waals surface area contributed by atoms with E-state index in [1.165, 1.54) is 0 Å². The minimum Gasteiger partial charge on any atom is -0.380 e. The number of carbonyl (C=O) groups is 1. The Morgan fingerprint density at radius 3 is 2.29 bits per heavy atom. The molecule has 0 saturated heterocycles. The van der Waals surface area contributed by atoms with Gasteiger partial charge in [-0.3, -0.25) is 4.79 Å². The van der Waals surface area contributed by atoms with Crippen LogP contribution >= 0.6 is 23.2 Å². The third-order valence-corrected chi connectivity index (χ3v) is 6.43. The topological polar surface area (TPSA) is 41.1 Å². The smallest absolute Gasteiger partial charge is 0.252 e. The first-order valence-electron chi connectivity index (χ1n) is 9.91. The number of carbonyl (C=O) groups excluding carboxylic acids is 1. The molecule has 2 N–H and O–H groups in total. The molecule has 0 aromatic heterocycles. The van der Waals surface area contributed by atoms with Crippen LogP contribution in [-0.2, 0) is 0 Å². The maximum absolute atomic E-state index is 12.3. The average molecular weight is 419 g/mol. The monoisotopic (exact) mass is 418 g/mol. The Morgan fingerprint density at radius 2 is 1.64 bits per heavy atom. The molecule has 1 amide bonds.